The molecule has 4 N–H and O–H groups in total. The van der Waals surface area contributed by atoms with Gasteiger partial charge in [-0.15, -0.1) is 0 Å². The summed E-state index contributed by atoms with van der Waals surface area (Å²) in [6.07, 6.45) is 2.96. The van der Waals surface area contributed by atoms with Crippen LogP contribution in [0.1, 0.15) is 49.5 Å². The van der Waals surface area contributed by atoms with Crippen molar-refractivity contribution in [3.8, 4) is 5.75 Å². The van der Waals surface area contributed by atoms with Gasteiger partial charge < -0.3 is 15.2 Å². The van der Waals surface area contributed by atoms with Crippen molar-refractivity contribution in [1.82, 2.24) is 15.5 Å². The first-order valence-corrected chi connectivity index (χ1v) is 12.7. The standard InChI is InChI=1S/C23H30N4O4S/c1-2-32(29,30)27-18-8-4-7-17(13-18)22(28)15-24-11-12-31-19-9-10-20-21(14-19)25-26-23(20)16-5-3-6-16/h4,7-10,13-14,16,22,24,27-28H,2-3,5-6,11-12,15H2,1H3,(H,25,26). The Balaban J connectivity index is 1.23. The van der Waals surface area contributed by atoms with E-state index >= 15 is 0 Å². The Morgan fingerprint density at radius 3 is 2.84 bits per heavy atom. The molecular weight excluding hydrogens is 428 g/mol. The third kappa shape index (κ3) is 5.40. The number of benzene rings is 2. The molecule has 32 heavy (non-hydrogen) atoms. The molecule has 0 radical (unpaired) electrons. The van der Waals surface area contributed by atoms with Crippen molar-refractivity contribution in [3.05, 3.63) is 53.7 Å². The van der Waals surface area contributed by atoms with E-state index in [1.807, 2.05) is 12.1 Å². The summed E-state index contributed by atoms with van der Waals surface area (Å²) in [7, 11) is -3.35. The van der Waals surface area contributed by atoms with Gasteiger partial charge in [0.05, 0.1) is 23.1 Å². The van der Waals surface area contributed by atoms with Gasteiger partial charge in [-0.25, -0.2) is 8.42 Å². The van der Waals surface area contributed by atoms with E-state index in [1.165, 1.54) is 30.3 Å². The number of rotatable bonds is 11. The molecule has 3 aromatic rings. The van der Waals surface area contributed by atoms with Gasteiger partial charge in [0.15, 0.2) is 0 Å². The molecule has 2 aromatic carbocycles. The van der Waals surface area contributed by atoms with Crippen molar-refractivity contribution in [3.63, 3.8) is 0 Å². The number of ether oxygens (including phenoxy) is 1. The number of nitrogens with one attached hydrogen (secondary N) is 3. The second kappa shape index (κ2) is 9.89. The molecule has 0 saturated heterocycles. The third-order valence-electron chi connectivity index (χ3n) is 5.87. The number of aliphatic hydroxyl groups excluding tert-OH is 1. The summed E-state index contributed by atoms with van der Waals surface area (Å²) in [6.45, 7) is 2.93. The SMILES string of the molecule is CCS(=O)(=O)Nc1cccc(C(O)CNCCOc2ccc3c(C4CCC4)n[nH]c3c2)c1. The Morgan fingerprint density at radius 2 is 2.09 bits per heavy atom. The van der Waals surface area contributed by atoms with Crippen molar-refractivity contribution < 1.29 is 18.3 Å². The van der Waals surface area contributed by atoms with E-state index in [0.29, 0.717) is 36.9 Å². The first kappa shape index (κ1) is 22.6. The number of hydrogen-bond acceptors (Lipinski definition) is 6. The minimum atomic E-state index is -3.35. The largest absolute Gasteiger partial charge is 0.492 e. The molecular formula is C23H30N4O4S. The minimum absolute atomic E-state index is 0.00365. The highest BCUT2D eigenvalue weighted by atomic mass is 32.2. The second-order valence-electron chi connectivity index (χ2n) is 8.14. The third-order valence-corrected chi connectivity index (χ3v) is 7.17. The molecule has 1 heterocycles. The summed E-state index contributed by atoms with van der Waals surface area (Å²) in [5.41, 5.74) is 3.24. The van der Waals surface area contributed by atoms with Crippen LogP contribution in [0.4, 0.5) is 5.69 Å². The normalized spacial score (nSPS) is 15.4. The topological polar surface area (TPSA) is 116 Å². The highest BCUT2D eigenvalue weighted by molar-refractivity contribution is 7.92. The van der Waals surface area contributed by atoms with Crippen LogP contribution in [0.15, 0.2) is 42.5 Å². The van der Waals surface area contributed by atoms with E-state index in [2.05, 4.69) is 26.3 Å². The van der Waals surface area contributed by atoms with E-state index in [0.717, 1.165) is 11.3 Å². The average Bonchev–Trinajstić information content (AvgIpc) is 3.15. The van der Waals surface area contributed by atoms with Crippen LogP contribution >= 0.6 is 0 Å². The Hall–Kier alpha value is -2.62. The number of aromatic amines is 1. The lowest BCUT2D eigenvalue weighted by molar-refractivity contribution is 0.172. The van der Waals surface area contributed by atoms with Gasteiger partial charge in [0, 0.05) is 36.1 Å². The number of H-pyrrole nitrogens is 1. The van der Waals surface area contributed by atoms with Crippen molar-refractivity contribution in [2.24, 2.45) is 0 Å². The first-order valence-electron chi connectivity index (χ1n) is 11.1. The Morgan fingerprint density at radius 1 is 1.25 bits per heavy atom. The molecule has 1 aliphatic rings. The summed E-state index contributed by atoms with van der Waals surface area (Å²) in [5, 5.41) is 22.4. The van der Waals surface area contributed by atoms with Crippen LogP contribution in [0, 0.1) is 0 Å². The predicted octanol–water partition coefficient (Wildman–Crippen LogP) is 3.29. The van der Waals surface area contributed by atoms with Crippen LogP contribution < -0.4 is 14.8 Å². The molecule has 1 aromatic heterocycles. The number of aliphatic hydroxyl groups is 1. The lowest BCUT2D eigenvalue weighted by atomic mass is 9.82. The Bertz CT molecular complexity index is 1160. The zero-order valence-electron chi connectivity index (χ0n) is 18.2. The number of nitrogens with zero attached hydrogens (tertiary/aromatic N) is 1. The molecule has 0 spiro atoms. The fourth-order valence-corrected chi connectivity index (χ4v) is 4.39. The molecule has 1 saturated carbocycles. The van der Waals surface area contributed by atoms with E-state index in [4.69, 9.17) is 4.74 Å². The van der Waals surface area contributed by atoms with Gasteiger partial charge in [-0.3, -0.25) is 9.82 Å². The maximum absolute atomic E-state index is 11.7. The molecule has 172 valence electrons. The van der Waals surface area contributed by atoms with Crippen molar-refractivity contribution in [1.29, 1.82) is 0 Å². The Kier molecular flexibility index (Phi) is 6.98. The Labute approximate surface area is 188 Å². The number of hydrogen-bond donors (Lipinski definition) is 4. The van der Waals surface area contributed by atoms with E-state index in [1.54, 1.807) is 31.2 Å². The van der Waals surface area contributed by atoms with Crippen molar-refractivity contribution >= 4 is 26.6 Å². The zero-order chi connectivity index (χ0) is 22.6. The summed E-state index contributed by atoms with van der Waals surface area (Å²) in [4.78, 5) is 0. The molecule has 1 aliphatic carbocycles. The molecule has 0 aliphatic heterocycles. The lowest BCUT2D eigenvalue weighted by Crippen LogP contribution is -2.26. The molecule has 9 heteroatoms. The summed E-state index contributed by atoms with van der Waals surface area (Å²) >= 11 is 0. The van der Waals surface area contributed by atoms with Gasteiger partial charge in [-0.2, -0.15) is 5.10 Å². The van der Waals surface area contributed by atoms with Crippen molar-refractivity contribution in [2.45, 2.75) is 38.2 Å². The maximum atomic E-state index is 11.7. The highest BCUT2D eigenvalue weighted by Gasteiger charge is 2.24. The van der Waals surface area contributed by atoms with Gasteiger partial charge in [-0.05, 0) is 49.6 Å². The molecule has 0 amide bonds. The number of sulfonamides is 1. The van der Waals surface area contributed by atoms with Gasteiger partial charge >= 0.3 is 0 Å². The zero-order valence-corrected chi connectivity index (χ0v) is 19.0. The monoisotopic (exact) mass is 458 g/mol. The number of fused-ring (bicyclic) bond motifs is 1. The van der Waals surface area contributed by atoms with Crippen LogP contribution in [0.5, 0.6) is 5.75 Å². The number of aromatic nitrogens is 2. The van der Waals surface area contributed by atoms with Crippen molar-refractivity contribution in [2.75, 3.05) is 30.2 Å². The molecule has 4 rings (SSSR count). The van der Waals surface area contributed by atoms with Gasteiger partial charge in [0.2, 0.25) is 10.0 Å². The molecule has 1 fully saturated rings. The fraction of sp³-hybridized carbons (Fsp3) is 0.435. The maximum Gasteiger partial charge on any atom is 0.232 e. The molecule has 0 bridgehead atoms. The first-order chi connectivity index (χ1) is 15.4. The summed E-state index contributed by atoms with van der Waals surface area (Å²) in [5.74, 6) is 1.36. The second-order valence-corrected chi connectivity index (χ2v) is 10.2. The van der Waals surface area contributed by atoms with E-state index in [9.17, 15) is 13.5 Å². The van der Waals surface area contributed by atoms with E-state index < -0.39 is 16.1 Å². The number of anilines is 1. The van der Waals surface area contributed by atoms with Crippen LogP contribution in [0.25, 0.3) is 10.9 Å². The van der Waals surface area contributed by atoms with Gasteiger partial charge in [0.1, 0.15) is 12.4 Å². The fourth-order valence-electron chi connectivity index (χ4n) is 3.76. The van der Waals surface area contributed by atoms with Gasteiger partial charge in [0.25, 0.3) is 0 Å². The average molecular weight is 459 g/mol. The van der Waals surface area contributed by atoms with E-state index in [-0.39, 0.29) is 5.75 Å². The molecule has 1 atom stereocenters. The molecule has 8 nitrogen and oxygen atoms in total. The quantitative estimate of drug-likeness (QED) is 0.328. The minimum Gasteiger partial charge on any atom is -0.492 e. The highest BCUT2D eigenvalue weighted by Crippen LogP contribution is 2.38. The van der Waals surface area contributed by atoms with Crippen LogP contribution in [0.3, 0.4) is 0 Å². The molecule has 1 unspecified atom stereocenters. The van der Waals surface area contributed by atoms with Crippen LogP contribution in [-0.2, 0) is 10.0 Å². The van der Waals surface area contributed by atoms with Gasteiger partial charge in [-0.1, -0.05) is 18.6 Å². The predicted molar refractivity (Wildman–Crippen MR) is 126 cm³/mol. The summed E-state index contributed by atoms with van der Waals surface area (Å²) < 4.78 is 31.8. The lowest BCUT2D eigenvalue weighted by Gasteiger charge is -2.23. The smallest absolute Gasteiger partial charge is 0.232 e. The van der Waals surface area contributed by atoms with Crippen LogP contribution in [0.2, 0.25) is 0 Å². The summed E-state index contributed by atoms with van der Waals surface area (Å²) in [6, 6.07) is 12.8. The van der Waals surface area contributed by atoms with Crippen LogP contribution in [-0.4, -0.2) is 49.2 Å².